The summed E-state index contributed by atoms with van der Waals surface area (Å²) in [5.41, 5.74) is 2.91. The first kappa shape index (κ1) is 17.3. The van der Waals surface area contributed by atoms with Crippen LogP contribution >= 0.6 is 0 Å². The number of hydrogen-bond donors (Lipinski definition) is 1. The lowest BCUT2D eigenvalue weighted by atomic mass is 10.1. The van der Waals surface area contributed by atoms with Gasteiger partial charge in [-0.05, 0) is 43.4 Å². The number of carbonyl (C=O) groups excluding carboxylic acids is 1. The number of aryl methyl sites for hydroxylation is 3. The molecular weight excluding hydrogens is 338 g/mol. The number of carbonyl (C=O) groups is 1. The molecular formula is C17H17N5O4. The molecule has 0 aliphatic heterocycles. The van der Waals surface area contributed by atoms with Crippen molar-refractivity contribution in [3.63, 3.8) is 0 Å². The van der Waals surface area contributed by atoms with Crippen LogP contribution in [0.5, 0.6) is 0 Å². The van der Waals surface area contributed by atoms with E-state index >= 15 is 0 Å². The summed E-state index contributed by atoms with van der Waals surface area (Å²) in [6, 6.07) is 8.75. The van der Waals surface area contributed by atoms with Crippen molar-refractivity contribution in [2.45, 2.75) is 27.3 Å². The van der Waals surface area contributed by atoms with E-state index < -0.39 is 10.8 Å². The Bertz CT molecular complexity index is 989. The number of benzene rings is 1. The van der Waals surface area contributed by atoms with Gasteiger partial charge in [0.05, 0.1) is 29.0 Å². The topological polar surface area (TPSA) is 116 Å². The molecule has 0 bridgehead atoms. The van der Waals surface area contributed by atoms with Gasteiger partial charge < -0.3 is 20.0 Å². The lowest BCUT2D eigenvalue weighted by Gasteiger charge is -2.05. The average molecular weight is 355 g/mol. The van der Waals surface area contributed by atoms with E-state index in [4.69, 9.17) is 4.52 Å². The van der Waals surface area contributed by atoms with E-state index in [9.17, 15) is 14.9 Å². The highest BCUT2D eigenvalue weighted by Gasteiger charge is 2.23. The fourth-order valence-corrected chi connectivity index (χ4v) is 2.56. The van der Waals surface area contributed by atoms with Crippen LogP contribution in [0, 0.1) is 30.9 Å². The highest BCUT2D eigenvalue weighted by Crippen LogP contribution is 2.20. The van der Waals surface area contributed by atoms with Crippen molar-refractivity contribution in [2.24, 2.45) is 0 Å². The summed E-state index contributed by atoms with van der Waals surface area (Å²) in [6.07, 6.45) is 0. The van der Waals surface area contributed by atoms with E-state index in [0.29, 0.717) is 22.7 Å². The molecule has 2 aromatic heterocycles. The van der Waals surface area contributed by atoms with Crippen LogP contribution in [0.2, 0.25) is 0 Å². The summed E-state index contributed by atoms with van der Waals surface area (Å²) in [5.74, 6) is -0.207. The molecule has 1 N–H and O–H groups in total. The Hall–Kier alpha value is -3.49. The number of amides is 1. The van der Waals surface area contributed by atoms with Crippen LogP contribution in [-0.2, 0) is 6.54 Å². The predicted molar refractivity (Wildman–Crippen MR) is 93.1 cm³/mol. The zero-order valence-corrected chi connectivity index (χ0v) is 14.5. The molecule has 9 heteroatoms. The molecule has 0 saturated carbocycles. The average Bonchev–Trinajstić information content (AvgIpc) is 3.12. The first-order chi connectivity index (χ1) is 12.3. The molecule has 0 aliphatic carbocycles. The number of hydrogen-bond acceptors (Lipinski definition) is 6. The molecule has 3 aromatic rings. The third-order valence-corrected chi connectivity index (χ3v) is 3.94. The largest absolute Gasteiger partial charge is 0.390 e. The van der Waals surface area contributed by atoms with Crippen LogP contribution in [0.25, 0.3) is 0 Å². The van der Waals surface area contributed by atoms with Gasteiger partial charge in [0.15, 0.2) is 5.69 Å². The first-order valence-electron chi connectivity index (χ1n) is 7.87. The Kier molecular flexibility index (Phi) is 4.53. The highest BCUT2D eigenvalue weighted by atomic mass is 16.6. The summed E-state index contributed by atoms with van der Waals surface area (Å²) in [6.45, 7) is 5.45. The van der Waals surface area contributed by atoms with Crippen molar-refractivity contribution < 1.29 is 14.2 Å². The number of aromatic nitrogens is 3. The monoisotopic (exact) mass is 355 g/mol. The number of anilines is 1. The Balaban J connectivity index is 1.87. The molecule has 0 saturated heterocycles. The molecule has 0 fully saturated rings. The zero-order chi connectivity index (χ0) is 18.8. The second-order valence-corrected chi connectivity index (χ2v) is 5.95. The van der Waals surface area contributed by atoms with Gasteiger partial charge in [0.1, 0.15) is 5.76 Å². The van der Waals surface area contributed by atoms with E-state index in [1.54, 1.807) is 19.9 Å². The molecule has 1 amide bonds. The summed E-state index contributed by atoms with van der Waals surface area (Å²) >= 11 is 0. The number of rotatable bonds is 5. The van der Waals surface area contributed by atoms with Crippen LogP contribution in [0.3, 0.4) is 0 Å². The Labute approximate surface area is 148 Å². The van der Waals surface area contributed by atoms with Gasteiger partial charge in [-0.25, -0.2) is 0 Å². The predicted octanol–water partition coefficient (Wildman–Crippen LogP) is 3.01. The van der Waals surface area contributed by atoms with Gasteiger partial charge in [-0.2, -0.15) is 4.68 Å². The van der Waals surface area contributed by atoms with E-state index in [0.717, 1.165) is 5.56 Å². The fraction of sp³-hybridized carbons (Fsp3) is 0.235. The molecule has 0 aliphatic rings. The highest BCUT2D eigenvalue weighted by molar-refractivity contribution is 6.03. The van der Waals surface area contributed by atoms with Gasteiger partial charge in [-0.1, -0.05) is 17.3 Å². The quantitative estimate of drug-likeness (QED) is 0.555. The van der Waals surface area contributed by atoms with Gasteiger partial charge in [0, 0.05) is 5.69 Å². The minimum Gasteiger partial charge on any atom is -0.361 e. The maximum atomic E-state index is 12.6. The maximum Gasteiger partial charge on any atom is 0.390 e. The number of nitro groups is 1. The van der Waals surface area contributed by atoms with Crippen LogP contribution in [0.4, 0.5) is 11.5 Å². The second-order valence-electron chi connectivity index (χ2n) is 5.95. The lowest BCUT2D eigenvalue weighted by molar-refractivity contribution is -0.389. The zero-order valence-electron chi connectivity index (χ0n) is 14.5. The minimum absolute atomic E-state index is 0.126. The molecule has 3 rings (SSSR count). The van der Waals surface area contributed by atoms with Crippen LogP contribution < -0.4 is 5.32 Å². The summed E-state index contributed by atoms with van der Waals surface area (Å²) in [5, 5.41) is 21.4. The molecule has 9 nitrogen and oxygen atoms in total. The standard InChI is InChI=1S/C17H17N5O4/c1-10-5-4-6-13(7-10)18-17(23)16-14(12(3)26-20-16)9-21-11(2)8-15(19-21)22(24)25/h4-8H,9H2,1-3H3,(H,18,23). The van der Waals surface area contributed by atoms with Gasteiger partial charge in [-0.3, -0.25) is 4.79 Å². The smallest absolute Gasteiger partial charge is 0.361 e. The van der Waals surface area contributed by atoms with Crippen molar-refractivity contribution in [3.8, 4) is 0 Å². The van der Waals surface area contributed by atoms with Crippen LogP contribution in [0.1, 0.15) is 33.1 Å². The van der Waals surface area contributed by atoms with E-state index in [1.807, 2.05) is 25.1 Å². The third-order valence-electron chi connectivity index (χ3n) is 3.94. The summed E-state index contributed by atoms with van der Waals surface area (Å²) in [7, 11) is 0. The van der Waals surface area contributed by atoms with Crippen molar-refractivity contribution in [2.75, 3.05) is 5.32 Å². The Morgan fingerprint density at radius 3 is 2.73 bits per heavy atom. The molecule has 26 heavy (non-hydrogen) atoms. The summed E-state index contributed by atoms with van der Waals surface area (Å²) < 4.78 is 6.60. The second kappa shape index (κ2) is 6.79. The maximum absolute atomic E-state index is 12.6. The van der Waals surface area contributed by atoms with Crippen LogP contribution in [0.15, 0.2) is 34.9 Å². The number of nitrogens with one attached hydrogen (secondary N) is 1. The lowest BCUT2D eigenvalue weighted by Crippen LogP contribution is -2.16. The van der Waals surface area contributed by atoms with Gasteiger partial charge >= 0.3 is 5.82 Å². The van der Waals surface area contributed by atoms with Gasteiger partial charge in [-0.15, -0.1) is 0 Å². The van der Waals surface area contributed by atoms with E-state index in [-0.39, 0.29) is 18.1 Å². The molecule has 0 spiro atoms. The number of nitrogens with zero attached hydrogens (tertiary/aromatic N) is 4. The summed E-state index contributed by atoms with van der Waals surface area (Å²) in [4.78, 5) is 22.9. The van der Waals surface area contributed by atoms with E-state index in [1.165, 1.54) is 10.7 Å². The Morgan fingerprint density at radius 2 is 2.08 bits per heavy atom. The van der Waals surface area contributed by atoms with E-state index in [2.05, 4.69) is 15.6 Å². The SMILES string of the molecule is Cc1cccc(NC(=O)c2noc(C)c2Cn2nc([N+](=O)[O-])cc2C)c1. The molecule has 0 unspecified atom stereocenters. The van der Waals surface area contributed by atoms with Gasteiger partial charge in [0.2, 0.25) is 0 Å². The fourth-order valence-electron chi connectivity index (χ4n) is 2.56. The van der Waals surface area contributed by atoms with Crippen molar-refractivity contribution >= 4 is 17.4 Å². The minimum atomic E-state index is -0.560. The van der Waals surface area contributed by atoms with Gasteiger partial charge in [0.25, 0.3) is 5.91 Å². The molecule has 1 aromatic carbocycles. The van der Waals surface area contributed by atoms with Crippen molar-refractivity contribution in [1.29, 1.82) is 0 Å². The van der Waals surface area contributed by atoms with Crippen molar-refractivity contribution in [3.05, 3.63) is 68.7 Å². The Morgan fingerprint density at radius 1 is 1.31 bits per heavy atom. The molecule has 134 valence electrons. The third kappa shape index (κ3) is 3.46. The van der Waals surface area contributed by atoms with Crippen LogP contribution in [-0.4, -0.2) is 25.8 Å². The normalized spacial score (nSPS) is 10.7. The molecule has 0 atom stereocenters. The molecule has 2 heterocycles. The van der Waals surface area contributed by atoms with Crippen molar-refractivity contribution in [1.82, 2.24) is 14.9 Å². The first-order valence-corrected chi connectivity index (χ1v) is 7.87. The molecule has 0 radical (unpaired) electrons.